The molecule has 1 aliphatic heterocycles. The number of nitrogens with two attached hydrogens (primary N) is 1. The van der Waals surface area contributed by atoms with Crippen molar-refractivity contribution in [3.63, 3.8) is 0 Å². The van der Waals surface area contributed by atoms with Crippen LogP contribution in [0.1, 0.15) is 42.1 Å². The molecular weight excluding hydrogens is 422 g/mol. The van der Waals surface area contributed by atoms with Crippen molar-refractivity contribution >= 4 is 22.4 Å². The molecule has 2 N–H and O–H groups in total. The smallest absolute Gasteiger partial charge is 0.266 e. The highest BCUT2D eigenvalue weighted by atomic mass is 19.1. The van der Waals surface area contributed by atoms with Gasteiger partial charge < -0.3 is 15.2 Å². The van der Waals surface area contributed by atoms with Crippen molar-refractivity contribution in [1.82, 2.24) is 4.57 Å². The molecule has 0 spiro atoms. The Morgan fingerprint density at radius 1 is 1.28 bits per heavy atom. The zero-order valence-electron chi connectivity index (χ0n) is 17.2. The number of hydrogen-bond acceptors (Lipinski definition) is 6. The van der Waals surface area contributed by atoms with Crippen LogP contribution in [0.4, 0.5) is 14.5 Å². The van der Waals surface area contributed by atoms with Gasteiger partial charge >= 0.3 is 0 Å². The fourth-order valence-corrected chi connectivity index (χ4v) is 4.98. The molecular formula is C22H22F2N4O4. The molecule has 2 aromatic rings. The number of anilines is 1. The predicted molar refractivity (Wildman–Crippen MR) is 114 cm³/mol. The lowest BCUT2D eigenvalue weighted by molar-refractivity contribution is -0.465. The number of fused-ring (bicyclic) bond motifs is 2. The minimum Gasteiger partial charge on any atom is -0.362 e. The number of benzene rings is 1. The standard InChI is InChI=1S/C22H22F2N4O4/c23-16-6-13-20(19(24)21(16)26-7-11-2-1-3-17(25)14(11)8-26)27(12-4-5-12)9-15(22(13)30)18(29)10-28(31)32/h2,6,9,12,14,17H,1,3-5,7-8,10,25H2. The summed E-state index contributed by atoms with van der Waals surface area (Å²) in [6, 6.07) is 0.741. The van der Waals surface area contributed by atoms with Crippen molar-refractivity contribution in [3.05, 3.63) is 61.4 Å². The van der Waals surface area contributed by atoms with E-state index >= 15 is 8.78 Å². The SMILES string of the molecule is NC1CCC=C2CN(c3c(F)cc4c(=O)c(C(=O)C[N+](=O)[O-])cn(C5CC5)c4c3F)CC21. The van der Waals surface area contributed by atoms with E-state index in [0.717, 1.165) is 24.5 Å². The van der Waals surface area contributed by atoms with E-state index in [1.807, 2.05) is 0 Å². The molecule has 168 valence electrons. The highest BCUT2D eigenvalue weighted by Gasteiger charge is 2.37. The van der Waals surface area contributed by atoms with Crippen molar-refractivity contribution in [2.24, 2.45) is 11.7 Å². The number of ketones is 1. The normalized spacial score (nSPS) is 22.7. The zero-order chi connectivity index (χ0) is 22.7. The first-order chi connectivity index (χ1) is 15.3. The van der Waals surface area contributed by atoms with Crippen LogP contribution in [0.5, 0.6) is 0 Å². The number of nitro groups is 1. The highest BCUT2D eigenvalue weighted by Crippen LogP contribution is 2.41. The van der Waals surface area contributed by atoms with Crippen molar-refractivity contribution in [3.8, 4) is 0 Å². The van der Waals surface area contributed by atoms with Crippen LogP contribution < -0.4 is 16.1 Å². The first-order valence-corrected chi connectivity index (χ1v) is 10.7. The molecule has 0 radical (unpaired) electrons. The zero-order valence-corrected chi connectivity index (χ0v) is 17.2. The first kappa shape index (κ1) is 20.7. The van der Waals surface area contributed by atoms with Crippen LogP contribution in [-0.2, 0) is 0 Å². The van der Waals surface area contributed by atoms with Crippen molar-refractivity contribution in [1.29, 1.82) is 0 Å². The molecule has 1 saturated carbocycles. The molecule has 1 saturated heterocycles. The quantitative estimate of drug-likeness (QED) is 0.328. The molecule has 10 heteroatoms. The Balaban J connectivity index is 1.67. The van der Waals surface area contributed by atoms with Crippen molar-refractivity contribution in [2.45, 2.75) is 37.8 Å². The minimum absolute atomic E-state index is 0.0333. The first-order valence-electron chi connectivity index (χ1n) is 10.7. The molecule has 2 atom stereocenters. The second kappa shape index (κ2) is 7.47. The second-order valence-electron chi connectivity index (χ2n) is 8.85. The van der Waals surface area contributed by atoms with Gasteiger partial charge in [-0.15, -0.1) is 0 Å². The maximum Gasteiger partial charge on any atom is 0.266 e. The van der Waals surface area contributed by atoms with Gasteiger partial charge in [-0.2, -0.15) is 0 Å². The fraction of sp³-hybridized carbons (Fsp3) is 0.455. The van der Waals surface area contributed by atoms with Gasteiger partial charge in [0.1, 0.15) is 11.5 Å². The number of carbonyl (C=O) groups is 1. The van der Waals surface area contributed by atoms with E-state index in [-0.39, 0.29) is 34.6 Å². The van der Waals surface area contributed by atoms with Crippen LogP contribution >= 0.6 is 0 Å². The maximum atomic E-state index is 15.8. The van der Waals surface area contributed by atoms with Gasteiger partial charge in [0.2, 0.25) is 11.2 Å². The van der Waals surface area contributed by atoms with Crippen molar-refractivity contribution < 1.29 is 18.5 Å². The number of aromatic nitrogens is 1. The van der Waals surface area contributed by atoms with Crippen LogP contribution in [0.3, 0.4) is 0 Å². The van der Waals surface area contributed by atoms with Gasteiger partial charge in [-0.3, -0.25) is 19.7 Å². The molecule has 2 fully saturated rings. The number of hydrogen-bond donors (Lipinski definition) is 1. The molecule has 5 rings (SSSR count). The Morgan fingerprint density at radius 2 is 2.03 bits per heavy atom. The number of halogens is 2. The summed E-state index contributed by atoms with van der Waals surface area (Å²) in [5, 5.41) is 10.5. The summed E-state index contributed by atoms with van der Waals surface area (Å²) < 4.78 is 32.5. The third kappa shape index (κ3) is 3.29. The Bertz CT molecular complexity index is 1250. The summed E-state index contributed by atoms with van der Waals surface area (Å²) in [5.41, 5.74) is 5.69. The minimum atomic E-state index is -1.06. The van der Waals surface area contributed by atoms with E-state index in [1.165, 1.54) is 10.8 Å². The van der Waals surface area contributed by atoms with Crippen LogP contribution in [-0.4, -0.2) is 40.9 Å². The number of nitrogens with zero attached hydrogens (tertiary/aromatic N) is 3. The molecule has 0 bridgehead atoms. The van der Waals surface area contributed by atoms with Gasteiger partial charge in [0.25, 0.3) is 6.54 Å². The van der Waals surface area contributed by atoms with Gasteiger partial charge in [-0.25, -0.2) is 8.78 Å². The van der Waals surface area contributed by atoms with Crippen LogP contribution in [0, 0.1) is 27.7 Å². The summed E-state index contributed by atoms with van der Waals surface area (Å²) in [4.78, 5) is 36.7. The lowest BCUT2D eigenvalue weighted by Crippen LogP contribution is -2.34. The van der Waals surface area contributed by atoms with E-state index in [2.05, 4.69) is 6.08 Å². The highest BCUT2D eigenvalue weighted by molar-refractivity contribution is 6.00. The number of pyridine rings is 1. The molecule has 1 aromatic heterocycles. The number of carbonyl (C=O) groups excluding carboxylic acids is 1. The number of rotatable bonds is 5. The van der Waals surface area contributed by atoms with E-state index in [9.17, 15) is 19.7 Å². The molecule has 2 aliphatic carbocycles. The Kier molecular flexibility index (Phi) is 4.85. The summed E-state index contributed by atoms with van der Waals surface area (Å²) in [6.45, 7) is -0.302. The largest absolute Gasteiger partial charge is 0.362 e. The third-order valence-electron chi connectivity index (χ3n) is 6.70. The van der Waals surface area contributed by atoms with Crippen LogP contribution in [0.2, 0.25) is 0 Å². The summed E-state index contributed by atoms with van der Waals surface area (Å²) >= 11 is 0. The van der Waals surface area contributed by atoms with E-state index in [4.69, 9.17) is 5.73 Å². The van der Waals surface area contributed by atoms with Gasteiger partial charge in [0.05, 0.1) is 16.5 Å². The molecule has 32 heavy (non-hydrogen) atoms. The summed E-state index contributed by atoms with van der Waals surface area (Å²) in [6.07, 6.45) is 6.36. The van der Waals surface area contributed by atoms with E-state index in [0.29, 0.717) is 25.9 Å². The number of allylic oxidation sites excluding steroid dienone is 1. The molecule has 0 amide bonds. The van der Waals surface area contributed by atoms with E-state index < -0.39 is 39.9 Å². The lowest BCUT2D eigenvalue weighted by Gasteiger charge is -2.24. The number of Topliss-reactive ketones (excluding diaryl/α,β-unsaturated/α-hetero) is 1. The van der Waals surface area contributed by atoms with Crippen LogP contribution in [0.25, 0.3) is 10.9 Å². The predicted octanol–water partition coefficient (Wildman–Crippen LogP) is 2.56. The van der Waals surface area contributed by atoms with Gasteiger partial charge in [0, 0.05) is 42.2 Å². The van der Waals surface area contributed by atoms with Gasteiger partial charge in [-0.05, 0) is 37.3 Å². The molecule has 2 heterocycles. The monoisotopic (exact) mass is 444 g/mol. The topological polar surface area (TPSA) is 111 Å². The molecule has 1 aromatic carbocycles. The Labute approximate surface area is 181 Å². The maximum absolute atomic E-state index is 15.8. The van der Waals surface area contributed by atoms with Gasteiger partial charge in [-0.1, -0.05) is 6.08 Å². The Morgan fingerprint density at radius 3 is 2.69 bits per heavy atom. The average Bonchev–Trinajstić information content (AvgIpc) is 3.47. The van der Waals surface area contributed by atoms with Crippen molar-refractivity contribution in [2.75, 3.05) is 24.5 Å². The molecule has 8 nitrogen and oxygen atoms in total. The lowest BCUT2D eigenvalue weighted by atomic mass is 9.86. The second-order valence-corrected chi connectivity index (χ2v) is 8.85. The fourth-order valence-electron chi connectivity index (χ4n) is 4.98. The Hall–Kier alpha value is -3.14. The summed E-state index contributed by atoms with van der Waals surface area (Å²) in [7, 11) is 0. The van der Waals surface area contributed by atoms with E-state index in [1.54, 1.807) is 4.90 Å². The third-order valence-corrected chi connectivity index (χ3v) is 6.70. The molecule has 2 unspecified atom stereocenters. The van der Waals surface area contributed by atoms with Gasteiger partial charge in [0.15, 0.2) is 5.82 Å². The van der Waals surface area contributed by atoms with Crippen LogP contribution in [0.15, 0.2) is 28.7 Å². The average molecular weight is 444 g/mol. The molecule has 3 aliphatic rings. The summed E-state index contributed by atoms with van der Waals surface area (Å²) in [5.74, 6) is -2.71.